The fourth-order valence-corrected chi connectivity index (χ4v) is 5.27. The third kappa shape index (κ3) is 4.91. The first-order chi connectivity index (χ1) is 17.3. The van der Waals surface area contributed by atoms with Gasteiger partial charge < -0.3 is 19.7 Å². The van der Waals surface area contributed by atoms with E-state index in [0.29, 0.717) is 23.4 Å². The van der Waals surface area contributed by atoms with Crippen molar-refractivity contribution in [3.63, 3.8) is 0 Å². The van der Waals surface area contributed by atoms with E-state index in [1.165, 1.54) is 6.42 Å². The Kier molecular flexibility index (Phi) is 6.87. The van der Waals surface area contributed by atoms with E-state index in [2.05, 4.69) is 18.7 Å². The van der Waals surface area contributed by atoms with E-state index in [-0.39, 0.29) is 11.5 Å². The van der Waals surface area contributed by atoms with Crippen molar-refractivity contribution >= 4 is 22.7 Å². The first-order valence-corrected chi connectivity index (χ1v) is 12.8. The van der Waals surface area contributed by atoms with Crippen molar-refractivity contribution in [1.82, 2.24) is 4.90 Å². The molecule has 0 bridgehead atoms. The van der Waals surface area contributed by atoms with Crippen LogP contribution in [-0.4, -0.2) is 40.9 Å². The van der Waals surface area contributed by atoms with Gasteiger partial charge in [-0.2, -0.15) is 0 Å². The summed E-state index contributed by atoms with van der Waals surface area (Å²) in [5.41, 5.74) is 4.47. The predicted molar refractivity (Wildman–Crippen MR) is 144 cm³/mol. The maximum absolute atomic E-state index is 10.3. The number of halogens is 1. The van der Waals surface area contributed by atoms with Gasteiger partial charge in [-0.25, -0.2) is 0 Å². The van der Waals surface area contributed by atoms with Crippen molar-refractivity contribution in [3.8, 4) is 23.0 Å². The van der Waals surface area contributed by atoms with Crippen LogP contribution >= 0.6 is 11.6 Å². The molecule has 3 unspecified atom stereocenters. The highest BCUT2D eigenvalue weighted by Gasteiger charge is 2.30. The van der Waals surface area contributed by atoms with Gasteiger partial charge in [0.2, 0.25) is 0 Å². The molecule has 5 rings (SSSR count). The van der Waals surface area contributed by atoms with Gasteiger partial charge in [-0.15, -0.1) is 0 Å². The van der Waals surface area contributed by atoms with Gasteiger partial charge in [-0.1, -0.05) is 36.7 Å². The summed E-state index contributed by atoms with van der Waals surface area (Å²) in [5, 5.41) is 20.7. The quantitative estimate of drug-likeness (QED) is 0.380. The minimum atomic E-state index is -0.401. The molecule has 5 nitrogen and oxygen atoms in total. The third-order valence-electron chi connectivity index (χ3n) is 7.29. The molecule has 6 heteroatoms. The predicted octanol–water partition coefficient (Wildman–Crippen LogP) is 6.92. The molecule has 2 aliphatic heterocycles. The molecule has 0 spiro atoms. The Morgan fingerprint density at radius 3 is 2.56 bits per heavy atom. The second kappa shape index (κ2) is 10.1. The van der Waals surface area contributed by atoms with Crippen molar-refractivity contribution < 1.29 is 19.7 Å². The Labute approximate surface area is 217 Å². The summed E-state index contributed by atoms with van der Waals surface area (Å²) in [7, 11) is 0. The fourth-order valence-electron chi connectivity index (χ4n) is 5.15. The zero-order chi connectivity index (χ0) is 25.4. The first-order valence-electron chi connectivity index (χ1n) is 12.5. The van der Waals surface area contributed by atoms with Gasteiger partial charge in [0.05, 0.1) is 5.02 Å². The van der Waals surface area contributed by atoms with Crippen molar-refractivity contribution in [1.29, 1.82) is 0 Å². The number of nitrogens with zero attached hydrogens (tertiary/aromatic N) is 1. The highest BCUT2D eigenvalue weighted by Crippen LogP contribution is 2.48. The van der Waals surface area contributed by atoms with E-state index in [1.54, 1.807) is 30.3 Å². The molecule has 0 aliphatic carbocycles. The number of ether oxygens (including phenoxy) is 2. The maximum atomic E-state index is 10.3. The molecule has 0 radical (unpaired) electrons. The molecule has 3 aromatic rings. The van der Waals surface area contributed by atoms with Crippen LogP contribution in [0.3, 0.4) is 0 Å². The summed E-state index contributed by atoms with van der Waals surface area (Å²) < 4.78 is 12.6. The van der Waals surface area contributed by atoms with Crippen LogP contribution in [0.2, 0.25) is 5.02 Å². The number of benzene rings is 3. The molecule has 3 aromatic carbocycles. The number of hydrogen-bond acceptors (Lipinski definition) is 5. The van der Waals surface area contributed by atoms with Crippen molar-refractivity contribution in [2.75, 3.05) is 19.7 Å². The summed E-state index contributed by atoms with van der Waals surface area (Å²) >= 11 is 6.08. The van der Waals surface area contributed by atoms with Crippen LogP contribution in [-0.2, 0) is 0 Å². The molecule has 36 heavy (non-hydrogen) atoms. The number of phenolic OH excluding ortho intramolecular Hbond substituents is 2. The van der Waals surface area contributed by atoms with Gasteiger partial charge in [0.25, 0.3) is 0 Å². The first kappa shape index (κ1) is 24.5. The van der Waals surface area contributed by atoms with Gasteiger partial charge in [-0.3, -0.25) is 4.90 Å². The van der Waals surface area contributed by atoms with E-state index in [1.807, 2.05) is 37.3 Å². The van der Waals surface area contributed by atoms with Crippen LogP contribution < -0.4 is 9.47 Å². The normalized spacial score (nSPS) is 20.7. The Morgan fingerprint density at radius 2 is 1.86 bits per heavy atom. The van der Waals surface area contributed by atoms with Gasteiger partial charge >= 0.3 is 0 Å². The summed E-state index contributed by atoms with van der Waals surface area (Å²) in [6.07, 6.45) is 0.853. The second-order valence-electron chi connectivity index (χ2n) is 10.0. The summed E-state index contributed by atoms with van der Waals surface area (Å²) in [5.74, 6) is 2.47. The van der Waals surface area contributed by atoms with Crippen molar-refractivity contribution in [3.05, 3.63) is 82.4 Å². The number of aromatic hydroxyl groups is 2. The minimum Gasteiger partial charge on any atom is -0.508 e. The molecular formula is C30H32ClNO4. The number of phenols is 2. The smallest absolute Gasteiger partial charge is 0.150 e. The largest absolute Gasteiger partial charge is 0.508 e. The fraction of sp³-hybridized carbons (Fsp3) is 0.333. The Balaban J connectivity index is 1.42. The molecule has 1 saturated heterocycles. The molecule has 3 atom stereocenters. The lowest BCUT2D eigenvalue weighted by Crippen LogP contribution is -2.35. The van der Waals surface area contributed by atoms with E-state index < -0.39 is 6.10 Å². The molecule has 188 valence electrons. The second-order valence-corrected chi connectivity index (χ2v) is 10.4. The Morgan fingerprint density at radius 1 is 1.08 bits per heavy atom. The lowest BCUT2D eigenvalue weighted by molar-refractivity contribution is 0.169. The summed E-state index contributed by atoms with van der Waals surface area (Å²) in [4.78, 5) is 2.49. The molecule has 2 aliphatic rings. The molecule has 0 amide bonds. The topological polar surface area (TPSA) is 62.2 Å². The molecule has 0 aromatic heterocycles. The van der Waals surface area contributed by atoms with E-state index in [4.69, 9.17) is 21.1 Å². The zero-order valence-corrected chi connectivity index (χ0v) is 21.6. The number of allylic oxidation sites excluding steroid dienone is 1. The highest BCUT2D eigenvalue weighted by molar-refractivity contribution is 6.32. The molecule has 2 N–H and O–H groups in total. The molecule has 2 heterocycles. The number of hydrogen-bond donors (Lipinski definition) is 2. The van der Waals surface area contributed by atoms with Gasteiger partial charge in [0.15, 0.2) is 0 Å². The number of fused-ring (bicyclic) bond motifs is 1. The van der Waals surface area contributed by atoms with Crippen LogP contribution in [0.15, 0.2) is 60.7 Å². The molecule has 1 fully saturated rings. The standard InChI is InChI=1S/C30H32ClNO4/c1-18-12-13-32(16-18)19(2)17-35-24-8-4-21(5-9-24)30-29(22-6-10-26(31)27(34)14-22)20(3)25-15-23(33)7-11-28(25)36-30/h4-11,14-15,18-19,30,33-34H,12-13,16-17H2,1-3H3. The van der Waals surface area contributed by atoms with Crippen molar-refractivity contribution in [2.45, 2.75) is 39.3 Å². The number of likely N-dealkylation sites (tertiary alicyclic amines) is 1. The van der Waals surface area contributed by atoms with E-state index in [9.17, 15) is 10.2 Å². The van der Waals surface area contributed by atoms with Crippen molar-refractivity contribution in [2.24, 2.45) is 5.92 Å². The summed E-state index contributed by atoms with van der Waals surface area (Å²) in [6, 6.07) is 18.7. The van der Waals surface area contributed by atoms with Crippen LogP contribution in [0.1, 0.15) is 50.0 Å². The Bertz CT molecular complexity index is 1290. The van der Waals surface area contributed by atoms with E-state index >= 15 is 0 Å². The average Bonchev–Trinajstić information content (AvgIpc) is 3.31. The number of rotatable bonds is 6. The monoisotopic (exact) mass is 505 g/mol. The maximum Gasteiger partial charge on any atom is 0.150 e. The minimum absolute atomic E-state index is 0.0141. The third-order valence-corrected chi connectivity index (χ3v) is 7.61. The lowest BCUT2D eigenvalue weighted by atomic mass is 9.86. The van der Waals surface area contributed by atoms with Gasteiger partial charge in [0, 0.05) is 23.7 Å². The highest BCUT2D eigenvalue weighted by atomic mass is 35.5. The van der Waals surface area contributed by atoms with E-state index in [0.717, 1.165) is 52.6 Å². The molecule has 0 saturated carbocycles. The van der Waals surface area contributed by atoms with Gasteiger partial charge in [-0.05, 0) is 91.9 Å². The SMILES string of the molecule is CC1=C(c2ccc(Cl)c(O)c2)C(c2ccc(OCC(C)N3CCC(C)C3)cc2)Oc2ccc(O)cc21. The average molecular weight is 506 g/mol. The molecular weight excluding hydrogens is 474 g/mol. The van der Waals surface area contributed by atoms with Crippen LogP contribution in [0.25, 0.3) is 11.1 Å². The van der Waals surface area contributed by atoms with Crippen LogP contribution in [0, 0.1) is 5.92 Å². The zero-order valence-electron chi connectivity index (χ0n) is 20.9. The van der Waals surface area contributed by atoms with Crippen LogP contribution in [0.5, 0.6) is 23.0 Å². The van der Waals surface area contributed by atoms with Gasteiger partial charge in [0.1, 0.15) is 35.7 Å². The Hall–Kier alpha value is -3.15. The van der Waals surface area contributed by atoms with Crippen LogP contribution in [0.4, 0.5) is 0 Å². The summed E-state index contributed by atoms with van der Waals surface area (Å²) in [6.45, 7) is 9.45. The lowest BCUT2D eigenvalue weighted by Gasteiger charge is -2.31.